The molecule has 0 saturated carbocycles. The summed E-state index contributed by atoms with van der Waals surface area (Å²) in [4.78, 5) is 13.8. The second-order valence-electron chi connectivity index (χ2n) is 7.76. The van der Waals surface area contributed by atoms with Crippen LogP contribution in [0.25, 0.3) is 0 Å². The van der Waals surface area contributed by atoms with E-state index in [1.807, 2.05) is 32.9 Å². The zero-order chi connectivity index (χ0) is 18.6. The predicted octanol–water partition coefficient (Wildman–Crippen LogP) is 4.93. The highest BCUT2D eigenvalue weighted by atomic mass is 35.5. The van der Waals surface area contributed by atoms with Gasteiger partial charge in [-0.1, -0.05) is 29.3 Å². The maximum atomic E-state index is 12.1. The Labute approximate surface area is 160 Å². The number of hydrogen-bond donors (Lipinski definition) is 1. The molecule has 0 aromatic heterocycles. The van der Waals surface area contributed by atoms with E-state index in [0.717, 1.165) is 18.4 Å². The number of aliphatic hydroxyl groups excluding tert-OH is 1. The number of nitrogens with zero attached hydrogens (tertiary/aromatic N) is 1. The molecule has 0 bridgehead atoms. The van der Waals surface area contributed by atoms with Crippen LogP contribution in [0.3, 0.4) is 0 Å². The van der Waals surface area contributed by atoms with Gasteiger partial charge < -0.3 is 14.7 Å². The third-order valence-electron chi connectivity index (χ3n) is 4.29. The van der Waals surface area contributed by atoms with Gasteiger partial charge in [0.25, 0.3) is 0 Å². The summed E-state index contributed by atoms with van der Waals surface area (Å²) in [6, 6.07) is 5.55. The average molecular weight is 388 g/mol. The molecule has 4 nitrogen and oxygen atoms in total. The van der Waals surface area contributed by atoms with Crippen molar-refractivity contribution in [2.24, 2.45) is 5.92 Å². The Hall–Kier alpha value is -0.970. The summed E-state index contributed by atoms with van der Waals surface area (Å²) in [5.41, 5.74) is 0.587. The lowest BCUT2D eigenvalue weighted by atomic mass is 9.96. The fourth-order valence-corrected chi connectivity index (χ4v) is 3.37. The molecule has 25 heavy (non-hydrogen) atoms. The van der Waals surface area contributed by atoms with Gasteiger partial charge in [-0.3, -0.25) is 0 Å². The summed E-state index contributed by atoms with van der Waals surface area (Å²) >= 11 is 11.9. The maximum absolute atomic E-state index is 12.1. The minimum atomic E-state index is -0.478. The van der Waals surface area contributed by atoms with Crippen LogP contribution in [0.2, 0.25) is 10.0 Å². The first-order chi connectivity index (χ1) is 11.6. The topological polar surface area (TPSA) is 49.8 Å². The summed E-state index contributed by atoms with van der Waals surface area (Å²) in [6.45, 7) is 6.94. The van der Waals surface area contributed by atoms with E-state index in [0.29, 0.717) is 41.9 Å². The Morgan fingerprint density at radius 2 is 2.08 bits per heavy atom. The van der Waals surface area contributed by atoms with E-state index in [2.05, 4.69) is 0 Å². The molecule has 1 fully saturated rings. The summed E-state index contributed by atoms with van der Waals surface area (Å²) in [5, 5.41) is 11.4. The van der Waals surface area contributed by atoms with Gasteiger partial charge in [0.15, 0.2) is 0 Å². The van der Waals surface area contributed by atoms with Crippen molar-refractivity contribution in [1.29, 1.82) is 0 Å². The second-order valence-corrected chi connectivity index (χ2v) is 8.57. The molecule has 1 aromatic rings. The molecule has 1 heterocycles. The summed E-state index contributed by atoms with van der Waals surface area (Å²) < 4.78 is 5.40. The van der Waals surface area contributed by atoms with Gasteiger partial charge in [0, 0.05) is 13.1 Å². The molecule has 0 unspecified atom stereocenters. The molecule has 2 rings (SSSR count). The van der Waals surface area contributed by atoms with Crippen LogP contribution in [0, 0.1) is 5.92 Å². The van der Waals surface area contributed by atoms with Gasteiger partial charge in [-0.2, -0.15) is 0 Å². The van der Waals surface area contributed by atoms with Gasteiger partial charge in [0.05, 0.1) is 16.1 Å². The minimum absolute atomic E-state index is 0.264. The Bertz CT molecular complexity index is 601. The van der Waals surface area contributed by atoms with Gasteiger partial charge in [0.2, 0.25) is 0 Å². The standard InChI is InChI=1S/C19H27Cl2NO3/c1-19(2,3)25-18(24)22-9-8-14(12-22)10-15(23)6-4-13-5-7-16(20)17(21)11-13/h5,7,11,14-15,23H,4,6,8-10,12H2,1-3H3/t14-,15+/m1/s1. The molecule has 0 aliphatic carbocycles. The van der Waals surface area contributed by atoms with Crippen molar-refractivity contribution in [2.75, 3.05) is 13.1 Å². The Morgan fingerprint density at radius 3 is 2.72 bits per heavy atom. The number of amides is 1. The molecule has 0 radical (unpaired) electrons. The molecule has 2 atom stereocenters. The molecule has 140 valence electrons. The Kier molecular flexibility index (Phi) is 7.01. The van der Waals surface area contributed by atoms with Crippen molar-refractivity contribution < 1.29 is 14.6 Å². The van der Waals surface area contributed by atoms with Crippen LogP contribution in [0.4, 0.5) is 4.79 Å². The van der Waals surface area contributed by atoms with E-state index in [1.54, 1.807) is 11.0 Å². The Morgan fingerprint density at radius 1 is 1.36 bits per heavy atom. The minimum Gasteiger partial charge on any atom is -0.444 e. The van der Waals surface area contributed by atoms with E-state index >= 15 is 0 Å². The van der Waals surface area contributed by atoms with E-state index in [9.17, 15) is 9.90 Å². The number of ether oxygens (including phenoxy) is 1. The van der Waals surface area contributed by atoms with Gasteiger partial charge in [-0.25, -0.2) is 4.79 Å². The number of aliphatic hydroxyl groups is 1. The lowest BCUT2D eigenvalue weighted by Crippen LogP contribution is -2.35. The van der Waals surface area contributed by atoms with Gasteiger partial charge >= 0.3 is 6.09 Å². The number of benzene rings is 1. The average Bonchev–Trinajstić information content (AvgIpc) is 2.95. The smallest absolute Gasteiger partial charge is 0.410 e. The normalized spacial score (nSPS) is 19.1. The molecule has 6 heteroatoms. The molecule has 1 N–H and O–H groups in total. The van der Waals surface area contributed by atoms with E-state index in [1.165, 1.54) is 0 Å². The van der Waals surface area contributed by atoms with Crippen LogP contribution in [0.15, 0.2) is 18.2 Å². The summed E-state index contributed by atoms with van der Waals surface area (Å²) in [7, 11) is 0. The van der Waals surface area contributed by atoms with E-state index < -0.39 is 11.7 Å². The van der Waals surface area contributed by atoms with Crippen molar-refractivity contribution in [3.05, 3.63) is 33.8 Å². The number of carbonyl (C=O) groups is 1. The number of aryl methyl sites for hydroxylation is 1. The molecule has 1 amide bonds. The number of hydrogen-bond acceptors (Lipinski definition) is 3. The molecule has 1 aliphatic heterocycles. The third-order valence-corrected chi connectivity index (χ3v) is 5.03. The first-order valence-electron chi connectivity index (χ1n) is 8.74. The van der Waals surface area contributed by atoms with Crippen molar-refractivity contribution in [3.8, 4) is 0 Å². The van der Waals surface area contributed by atoms with Crippen LogP contribution in [0.1, 0.15) is 45.6 Å². The molecule has 0 spiro atoms. The number of carbonyl (C=O) groups excluding carboxylic acids is 1. The number of halogens is 2. The maximum Gasteiger partial charge on any atom is 0.410 e. The fraction of sp³-hybridized carbons (Fsp3) is 0.632. The van der Waals surface area contributed by atoms with Crippen LogP contribution in [-0.2, 0) is 11.2 Å². The highest BCUT2D eigenvalue weighted by Crippen LogP contribution is 2.26. The molecule has 1 aliphatic rings. The molecule has 1 aromatic carbocycles. The fourth-order valence-electron chi connectivity index (χ4n) is 3.05. The zero-order valence-electron chi connectivity index (χ0n) is 15.1. The van der Waals surface area contributed by atoms with Crippen molar-refractivity contribution in [1.82, 2.24) is 4.90 Å². The monoisotopic (exact) mass is 387 g/mol. The van der Waals surface area contributed by atoms with E-state index in [-0.39, 0.29) is 6.09 Å². The quantitative estimate of drug-likeness (QED) is 0.778. The summed E-state index contributed by atoms with van der Waals surface area (Å²) in [5.74, 6) is 0.316. The van der Waals surface area contributed by atoms with Crippen LogP contribution in [-0.4, -0.2) is 40.9 Å². The van der Waals surface area contributed by atoms with E-state index in [4.69, 9.17) is 27.9 Å². The molecular formula is C19H27Cl2NO3. The number of rotatable bonds is 5. The van der Waals surface area contributed by atoms with Gasteiger partial charge in [-0.05, 0) is 70.1 Å². The van der Waals surface area contributed by atoms with Crippen molar-refractivity contribution in [2.45, 2.75) is 58.2 Å². The zero-order valence-corrected chi connectivity index (χ0v) is 16.6. The molecule has 1 saturated heterocycles. The lowest BCUT2D eigenvalue weighted by Gasteiger charge is -2.24. The van der Waals surface area contributed by atoms with Gasteiger partial charge in [0.1, 0.15) is 5.60 Å². The highest BCUT2D eigenvalue weighted by molar-refractivity contribution is 6.42. The Balaban J connectivity index is 1.75. The van der Waals surface area contributed by atoms with Gasteiger partial charge in [-0.15, -0.1) is 0 Å². The highest BCUT2D eigenvalue weighted by Gasteiger charge is 2.30. The first-order valence-corrected chi connectivity index (χ1v) is 9.49. The summed E-state index contributed by atoms with van der Waals surface area (Å²) in [6.07, 6.45) is 2.36. The van der Waals surface area contributed by atoms with Crippen molar-refractivity contribution >= 4 is 29.3 Å². The third kappa shape index (κ3) is 6.69. The predicted molar refractivity (Wildman–Crippen MR) is 101 cm³/mol. The first kappa shape index (κ1) is 20.3. The SMILES string of the molecule is CC(C)(C)OC(=O)N1CC[C@H](C[C@@H](O)CCc2ccc(Cl)c(Cl)c2)C1. The molecular weight excluding hydrogens is 361 g/mol. The van der Waals surface area contributed by atoms with Crippen LogP contribution < -0.4 is 0 Å². The van der Waals surface area contributed by atoms with Crippen LogP contribution in [0.5, 0.6) is 0 Å². The van der Waals surface area contributed by atoms with Crippen molar-refractivity contribution in [3.63, 3.8) is 0 Å². The lowest BCUT2D eigenvalue weighted by molar-refractivity contribution is 0.0282. The largest absolute Gasteiger partial charge is 0.444 e. The van der Waals surface area contributed by atoms with Crippen LogP contribution >= 0.6 is 23.2 Å². The number of likely N-dealkylation sites (tertiary alicyclic amines) is 1. The second kappa shape index (κ2) is 8.61.